The molecule has 1 spiro atoms. The summed E-state index contributed by atoms with van der Waals surface area (Å²) in [5.74, 6) is 0. The van der Waals surface area contributed by atoms with Gasteiger partial charge >= 0.3 is 0 Å². The Bertz CT molecular complexity index is 5130. The Labute approximate surface area is 490 Å². The van der Waals surface area contributed by atoms with Gasteiger partial charge in [0.1, 0.15) is 0 Å². The highest BCUT2D eigenvalue weighted by Gasteiger charge is 2.57. The summed E-state index contributed by atoms with van der Waals surface area (Å²) in [6, 6.07) is 56.1. The zero-order valence-electron chi connectivity index (χ0n) is 52.1. The zero-order valence-corrected chi connectivity index (χ0v) is 53.1. The van der Waals surface area contributed by atoms with Gasteiger partial charge in [0.25, 0.3) is 6.71 Å². The molecule has 0 bridgehead atoms. The first kappa shape index (κ1) is 50.2. The van der Waals surface area contributed by atoms with Crippen LogP contribution in [0.2, 0.25) is 0 Å². The van der Waals surface area contributed by atoms with Gasteiger partial charge < -0.3 is 13.5 Å². The van der Waals surface area contributed by atoms with Crippen LogP contribution in [0.3, 0.4) is 0 Å². The Morgan fingerprint density at radius 1 is 0.325 bits per heavy atom. The second-order valence-electron chi connectivity index (χ2n) is 32.2. The minimum atomic E-state index is -3.21. The van der Waals surface area contributed by atoms with Gasteiger partial charge in [-0.2, -0.15) is 0 Å². The molecule has 0 saturated heterocycles. The number of aromatic nitrogens is 3. The summed E-state index contributed by atoms with van der Waals surface area (Å²) < 4.78 is 8.30. The fourth-order valence-electron chi connectivity index (χ4n) is 16.6. The molecule has 0 saturated carbocycles. The van der Waals surface area contributed by atoms with Crippen molar-refractivity contribution >= 4 is 134 Å². The average Bonchev–Trinajstić information content (AvgIpc) is 1.57. The summed E-state index contributed by atoms with van der Waals surface area (Å²) in [4.78, 5) is 0. The predicted molar refractivity (Wildman–Crippen MR) is 363 cm³/mol. The number of para-hydroxylation sites is 1. The lowest BCUT2D eigenvalue weighted by molar-refractivity contribution is 0.590. The first-order valence-electron chi connectivity index (χ1n) is 30.9. The zero-order chi connectivity index (χ0) is 57.8. The van der Waals surface area contributed by atoms with Gasteiger partial charge in [0, 0.05) is 60.0 Å². The molecule has 0 radical (unpaired) electrons. The summed E-state index contributed by atoms with van der Waals surface area (Å²) in [5.41, 5.74) is 27.4. The van der Waals surface area contributed by atoms with Crippen LogP contribution < -0.4 is 37.1 Å². The van der Waals surface area contributed by atoms with Crippen molar-refractivity contribution in [1.29, 1.82) is 0 Å². The number of fused-ring (bicyclic) bond motifs is 21. The SMILES string of the molecule is CC(C)(C)c1ccc2c(c1)[Si]1(c3cc(C(C)(C)C)ccc3-2)c2ccc3c4c2-n2c5c(cc(C(C)(C)C)cc5c5cc(C(C)(C)C)cc1c52)B4c1cc2c(c4cccc5c6cc(C(C)(C)C)ccc6n2c54)c2c4cc(C(C)(C)C)ccc4n-3c12. The van der Waals surface area contributed by atoms with Gasteiger partial charge in [-0.3, -0.25) is 0 Å². The molecule has 17 rings (SSSR count). The third-order valence-electron chi connectivity index (χ3n) is 21.0. The van der Waals surface area contributed by atoms with Crippen molar-refractivity contribution < 1.29 is 0 Å². The molecule has 0 amide bonds. The summed E-state index contributed by atoms with van der Waals surface area (Å²) in [6.07, 6.45) is 0. The van der Waals surface area contributed by atoms with Crippen molar-refractivity contribution in [3.05, 3.63) is 167 Å². The largest absolute Gasteiger partial charge is 0.310 e. The van der Waals surface area contributed by atoms with E-state index in [2.05, 4.69) is 272 Å². The van der Waals surface area contributed by atoms with Crippen LogP contribution in [-0.2, 0) is 32.5 Å². The van der Waals surface area contributed by atoms with Crippen molar-refractivity contribution in [2.75, 3.05) is 0 Å². The van der Waals surface area contributed by atoms with E-state index in [1.807, 2.05) is 0 Å². The Balaban J connectivity index is 1.13. The lowest BCUT2D eigenvalue weighted by atomic mass is 9.34. The summed E-state index contributed by atoms with van der Waals surface area (Å²) in [6.45, 7) is 43.2. The lowest BCUT2D eigenvalue weighted by Crippen LogP contribution is -2.77. The molecule has 13 aromatic rings. The van der Waals surface area contributed by atoms with E-state index in [1.165, 1.54) is 159 Å². The summed E-state index contributed by atoms with van der Waals surface area (Å²) in [5, 5.41) is 17.1. The lowest BCUT2D eigenvalue weighted by Gasteiger charge is -2.43. The molecule has 4 aliphatic heterocycles. The maximum absolute atomic E-state index is 3.21. The number of nitrogens with zero attached hydrogens (tertiary/aromatic N) is 3. The van der Waals surface area contributed by atoms with Crippen LogP contribution in [0.1, 0.15) is 158 Å². The maximum Gasteiger partial charge on any atom is 0.252 e. The van der Waals surface area contributed by atoms with E-state index < -0.39 is 8.07 Å². The molecule has 0 unspecified atom stereocenters. The van der Waals surface area contributed by atoms with Crippen LogP contribution in [0.15, 0.2) is 133 Å². The van der Waals surface area contributed by atoms with E-state index >= 15 is 0 Å². The molecule has 0 aliphatic carbocycles. The van der Waals surface area contributed by atoms with Crippen molar-refractivity contribution in [2.45, 2.75) is 157 Å². The second kappa shape index (κ2) is 14.9. The molecule has 8 heterocycles. The quantitative estimate of drug-likeness (QED) is 0.134. The first-order valence-corrected chi connectivity index (χ1v) is 32.9. The summed E-state index contributed by atoms with van der Waals surface area (Å²) in [7, 11) is -3.21. The molecule has 4 aromatic heterocycles. The van der Waals surface area contributed by atoms with Crippen molar-refractivity contribution in [3.63, 3.8) is 0 Å². The van der Waals surface area contributed by atoms with E-state index in [0.29, 0.717) is 0 Å². The minimum Gasteiger partial charge on any atom is -0.310 e. The van der Waals surface area contributed by atoms with E-state index in [-0.39, 0.29) is 39.2 Å². The monoisotopic (exact) mass is 1090 g/mol. The first-order chi connectivity index (χ1) is 39.0. The molecule has 0 N–H and O–H groups in total. The maximum atomic E-state index is 2.86. The molecule has 3 nitrogen and oxygen atoms in total. The van der Waals surface area contributed by atoms with Crippen LogP contribution in [0.5, 0.6) is 0 Å². The molecule has 5 heteroatoms. The van der Waals surface area contributed by atoms with Crippen LogP contribution in [-0.4, -0.2) is 28.3 Å². The second-order valence-corrected chi connectivity index (χ2v) is 35.9. The van der Waals surface area contributed by atoms with Crippen molar-refractivity contribution in [1.82, 2.24) is 13.5 Å². The van der Waals surface area contributed by atoms with E-state index in [9.17, 15) is 0 Å². The molecule has 83 heavy (non-hydrogen) atoms. The number of hydrogen-bond donors (Lipinski definition) is 0. The fourth-order valence-corrected chi connectivity index (χ4v) is 22.2. The standard InChI is InChI=1S/C78H76BN3Si/c1-73(2,3)41-24-28-57-51(32-41)49-20-19-21-50-65-60(81(57)68(49)50)40-56-71-66(65)54-33-42(74(4,5)6)25-29-58(54)80(71)59-30-31-61-72-67(59)79(56)55-36-45(77(13,14)15)34-52-53-35-46(78(16,17)18)39-64(70(53)82(72)69(52)55)83(61)62-37-43(75(7,8)9)22-26-47(62)48-27-23-44(38-63(48)83)76(10,11)12/h19-40H,1-18H3. The van der Waals surface area contributed by atoms with Gasteiger partial charge in [-0.05, 0) is 163 Å². The van der Waals surface area contributed by atoms with Gasteiger partial charge in [0.05, 0.1) is 33.1 Å². The Hall–Kier alpha value is -7.34. The van der Waals surface area contributed by atoms with Gasteiger partial charge in [-0.1, -0.05) is 210 Å². The van der Waals surface area contributed by atoms with Crippen molar-refractivity contribution in [3.8, 4) is 22.5 Å². The summed E-state index contributed by atoms with van der Waals surface area (Å²) >= 11 is 0. The fraction of sp³-hybridized carbons (Fsp3) is 0.308. The topological polar surface area (TPSA) is 14.3 Å². The normalized spacial score (nSPS) is 15.4. The third kappa shape index (κ3) is 6.03. The average molecular weight is 1090 g/mol. The minimum absolute atomic E-state index is 0.0248. The number of rotatable bonds is 0. The molecule has 9 aromatic carbocycles. The Morgan fingerprint density at radius 2 is 0.819 bits per heavy atom. The third-order valence-corrected chi connectivity index (χ3v) is 25.9. The molecular weight excluding hydrogens is 1020 g/mol. The van der Waals surface area contributed by atoms with Crippen LogP contribution in [0.4, 0.5) is 0 Å². The Kier molecular flexibility index (Phi) is 9.04. The van der Waals surface area contributed by atoms with Gasteiger partial charge in [0.2, 0.25) is 0 Å². The molecular formula is C78H76BN3Si. The van der Waals surface area contributed by atoms with Crippen molar-refractivity contribution in [2.24, 2.45) is 0 Å². The predicted octanol–water partition coefficient (Wildman–Crippen LogP) is 15.6. The van der Waals surface area contributed by atoms with Gasteiger partial charge in [-0.15, -0.1) is 0 Å². The van der Waals surface area contributed by atoms with E-state index in [0.717, 1.165) is 0 Å². The highest BCUT2D eigenvalue weighted by molar-refractivity contribution is 7.24. The van der Waals surface area contributed by atoms with Crippen LogP contribution in [0.25, 0.3) is 104 Å². The Morgan fingerprint density at radius 3 is 1.42 bits per heavy atom. The van der Waals surface area contributed by atoms with E-state index in [1.54, 1.807) is 15.6 Å². The highest BCUT2D eigenvalue weighted by Crippen LogP contribution is 2.50. The molecule has 4 aliphatic rings. The van der Waals surface area contributed by atoms with Crippen LogP contribution in [0, 0.1) is 0 Å². The van der Waals surface area contributed by atoms with E-state index in [4.69, 9.17) is 0 Å². The molecule has 410 valence electrons. The molecule has 0 fully saturated rings. The number of hydrogen-bond acceptors (Lipinski definition) is 0. The van der Waals surface area contributed by atoms with Gasteiger partial charge in [-0.25, -0.2) is 0 Å². The van der Waals surface area contributed by atoms with Crippen LogP contribution >= 0.6 is 0 Å². The van der Waals surface area contributed by atoms with Gasteiger partial charge in [0.15, 0.2) is 8.07 Å². The highest BCUT2D eigenvalue weighted by atomic mass is 28.3. The number of benzene rings is 9. The molecule has 0 atom stereocenters. The smallest absolute Gasteiger partial charge is 0.252 e.